The van der Waals surface area contributed by atoms with Crippen molar-refractivity contribution in [2.24, 2.45) is 5.92 Å². The second-order valence-electron chi connectivity index (χ2n) is 4.61. The Labute approximate surface area is 107 Å². The molecule has 6 heteroatoms. The van der Waals surface area contributed by atoms with E-state index in [0.717, 1.165) is 12.8 Å². The summed E-state index contributed by atoms with van der Waals surface area (Å²) < 4.78 is 5.17. The Hall–Kier alpha value is -1.30. The predicted molar refractivity (Wildman–Crippen MR) is 66.4 cm³/mol. The maximum Gasteiger partial charge on any atom is 0.317 e. The maximum absolute atomic E-state index is 11.8. The molecule has 0 aromatic rings. The van der Waals surface area contributed by atoms with Crippen molar-refractivity contribution in [1.29, 1.82) is 0 Å². The summed E-state index contributed by atoms with van der Waals surface area (Å²) in [6.07, 6.45) is 2.00. The van der Waals surface area contributed by atoms with E-state index in [0.29, 0.717) is 25.7 Å². The Morgan fingerprint density at radius 1 is 1.50 bits per heavy atom. The lowest BCUT2D eigenvalue weighted by molar-refractivity contribution is -0.137. The first kappa shape index (κ1) is 14.8. The Morgan fingerprint density at radius 3 is 2.67 bits per heavy atom. The lowest BCUT2D eigenvalue weighted by Crippen LogP contribution is -2.45. The minimum Gasteiger partial charge on any atom is -0.481 e. The molecule has 0 bridgehead atoms. The van der Waals surface area contributed by atoms with Crippen LogP contribution < -0.4 is 5.32 Å². The third kappa shape index (κ3) is 5.35. The van der Waals surface area contributed by atoms with Gasteiger partial charge in [0.1, 0.15) is 0 Å². The van der Waals surface area contributed by atoms with Gasteiger partial charge in [0.2, 0.25) is 0 Å². The number of nitrogens with zero attached hydrogens (tertiary/aromatic N) is 1. The molecular formula is C12H22N2O4. The number of rotatable bonds is 8. The molecule has 6 nitrogen and oxygen atoms in total. The van der Waals surface area contributed by atoms with E-state index in [2.05, 4.69) is 5.32 Å². The van der Waals surface area contributed by atoms with Crippen LogP contribution in [0.25, 0.3) is 0 Å². The van der Waals surface area contributed by atoms with Crippen LogP contribution in [-0.4, -0.2) is 54.9 Å². The van der Waals surface area contributed by atoms with E-state index >= 15 is 0 Å². The SMILES string of the molecule is CCOCCN(C)C(=O)NC(CC(=O)O)C1CC1. The van der Waals surface area contributed by atoms with E-state index in [1.54, 1.807) is 7.05 Å². The van der Waals surface area contributed by atoms with Gasteiger partial charge in [-0.05, 0) is 25.7 Å². The molecule has 0 aromatic carbocycles. The van der Waals surface area contributed by atoms with Gasteiger partial charge in [0.15, 0.2) is 0 Å². The summed E-state index contributed by atoms with van der Waals surface area (Å²) in [4.78, 5) is 24.1. The molecule has 18 heavy (non-hydrogen) atoms. The number of urea groups is 1. The minimum atomic E-state index is -0.871. The minimum absolute atomic E-state index is 0.00426. The van der Waals surface area contributed by atoms with Crippen molar-refractivity contribution in [3.8, 4) is 0 Å². The van der Waals surface area contributed by atoms with Gasteiger partial charge in [0.25, 0.3) is 0 Å². The number of hydrogen-bond acceptors (Lipinski definition) is 3. The van der Waals surface area contributed by atoms with Crippen LogP contribution in [-0.2, 0) is 9.53 Å². The average Bonchev–Trinajstić information content (AvgIpc) is 3.11. The molecule has 1 rings (SSSR count). The van der Waals surface area contributed by atoms with Crippen molar-refractivity contribution in [3.05, 3.63) is 0 Å². The number of nitrogens with one attached hydrogen (secondary N) is 1. The van der Waals surface area contributed by atoms with Crippen LogP contribution in [0.15, 0.2) is 0 Å². The fraction of sp³-hybridized carbons (Fsp3) is 0.833. The van der Waals surface area contributed by atoms with Gasteiger partial charge in [0.05, 0.1) is 13.0 Å². The van der Waals surface area contributed by atoms with E-state index in [1.165, 1.54) is 4.90 Å². The largest absolute Gasteiger partial charge is 0.481 e. The van der Waals surface area contributed by atoms with Crippen LogP contribution in [0, 0.1) is 5.92 Å². The zero-order chi connectivity index (χ0) is 13.5. The summed E-state index contributed by atoms with van der Waals surface area (Å²) in [7, 11) is 1.68. The van der Waals surface area contributed by atoms with Crippen molar-refractivity contribution in [3.63, 3.8) is 0 Å². The van der Waals surface area contributed by atoms with Crippen molar-refractivity contribution in [1.82, 2.24) is 10.2 Å². The van der Waals surface area contributed by atoms with Crippen LogP contribution in [0.2, 0.25) is 0 Å². The molecule has 0 aliphatic heterocycles. The van der Waals surface area contributed by atoms with Crippen LogP contribution in [0.3, 0.4) is 0 Å². The Kier molecular flexibility index (Phi) is 5.91. The fourth-order valence-electron chi connectivity index (χ4n) is 1.74. The maximum atomic E-state index is 11.8. The topological polar surface area (TPSA) is 78.9 Å². The van der Waals surface area contributed by atoms with Crippen molar-refractivity contribution >= 4 is 12.0 Å². The van der Waals surface area contributed by atoms with E-state index in [-0.39, 0.29) is 18.5 Å². The number of carboxylic acids is 1. The van der Waals surface area contributed by atoms with Crippen LogP contribution >= 0.6 is 0 Å². The Morgan fingerprint density at radius 2 is 2.17 bits per heavy atom. The summed E-state index contributed by atoms with van der Waals surface area (Å²) in [5.74, 6) is -0.547. The van der Waals surface area contributed by atoms with Gasteiger partial charge in [-0.25, -0.2) is 4.79 Å². The number of carbonyl (C=O) groups excluding carboxylic acids is 1. The number of ether oxygens (including phenoxy) is 1. The van der Waals surface area contributed by atoms with Gasteiger partial charge < -0.3 is 20.1 Å². The van der Waals surface area contributed by atoms with Gasteiger partial charge >= 0.3 is 12.0 Å². The molecular weight excluding hydrogens is 236 g/mol. The molecule has 1 aliphatic carbocycles. The molecule has 2 amide bonds. The number of hydrogen-bond donors (Lipinski definition) is 2. The normalized spacial score (nSPS) is 16.1. The number of amides is 2. The van der Waals surface area contributed by atoms with Crippen molar-refractivity contribution in [2.45, 2.75) is 32.2 Å². The highest BCUT2D eigenvalue weighted by atomic mass is 16.5. The number of carboxylic acid groups (broad SMARTS) is 1. The Bertz CT molecular complexity index is 292. The van der Waals surface area contributed by atoms with E-state index in [9.17, 15) is 9.59 Å². The zero-order valence-corrected chi connectivity index (χ0v) is 11.0. The quantitative estimate of drug-likeness (QED) is 0.634. The standard InChI is InChI=1S/C12H22N2O4/c1-3-18-7-6-14(2)12(17)13-10(8-11(15)16)9-4-5-9/h9-10H,3-8H2,1-2H3,(H,13,17)(H,15,16). The number of likely N-dealkylation sites (N-methyl/N-ethyl adjacent to an activating group) is 1. The molecule has 0 heterocycles. The molecule has 2 N–H and O–H groups in total. The van der Waals surface area contributed by atoms with Crippen LogP contribution in [0.4, 0.5) is 4.79 Å². The summed E-state index contributed by atoms with van der Waals surface area (Å²) >= 11 is 0. The van der Waals surface area contributed by atoms with E-state index in [1.807, 2.05) is 6.92 Å². The van der Waals surface area contributed by atoms with Gasteiger partial charge in [-0.2, -0.15) is 0 Å². The molecule has 1 saturated carbocycles. The lowest BCUT2D eigenvalue weighted by atomic mass is 10.1. The first-order chi connectivity index (χ1) is 8.54. The highest BCUT2D eigenvalue weighted by molar-refractivity contribution is 5.75. The van der Waals surface area contributed by atoms with Gasteiger partial charge in [-0.15, -0.1) is 0 Å². The molecule has 1 atom stereocenters. The fourth-order valence-corrected chi connectivity index (χ4v) is 1.74. The Balaban J connectivity index is 2.33. The van der Waals surface area contributed by atoms with Gasteiger partial charge in [-0.3, -0.25) is 4.79 Å². The molecule has 104 valence electrons. The molecule has 1 fully saturated rings. The van der Waals surface area contributed by atoms with E-state index < -0.39 is 5.97 Å². The second kappa shape index (κ2) is 7.20. The lowest BCUT2D eigenvalue weighted by Gasteiger charge is -2.22. The van der Waals surface area contributed by atoms with Gasteiger partial charge in [0, 0.05) is 26.2 Å². The summed E-state index contributed by atoms with van der Waals surface area (Å²) in [6, 6.07) is -0.475. The van der Waals surface area contributed by atoms with Crippen LogP contribution in [0.1, 0.15) is 26.2 Å². The summed E-state index contributed by atoms with van der Waals surface area (Å²) in [5.41, 5.74) is 0. The summed E-state index contributed by atoms with van der Waals surface area (Å²) in [5, 5.41) is 11.6. The highest BCUT2D eigenvalue weighted by Gasteiger charge is 2.34. The van der Waals surface area contributed by atoms with Crippen molar-refractivity contribution in [2.75, 3.05) is 26.8 Å². The molecule has 0 aromatic heterocycles. The zero-order valence-electron chi connectivity index (χ0n) is 11.0. The molecule has 1 aliphatic rings. The van der Waals surface area contributed by atoms with Crippen LogP contribution in [0.5, 0.6) is 0 Å². The number of aliphatic carboxylic acids is 1. The summed E-state index contributed by atoms with van der Waals surface area (Å²) in [6.45, 7) is 3.52. The number of carbonyl (C=O) groups is 2. The van der Waals surface area contributed by atoms with Crippen molar-refractivity contribution < 1.29 is 19.4 Å². The molecule has 1 unspecified atom stereocenters. The first-order valence-corrected chi connectivity index (χ1v) is 6.35. The predicted octanol–water partition coefficient (Wildman–Crippen LogP) is 0.918. The third-order valence-electron chi connectivity index (χ3n) is 3.02. The first-order valence-electron chi connectivity index (χ1n) is 6.35. The third-order valence-corrected chi connectivity index (χ3v) is 3.02. The molecule has 0 radical (unpaired) electrons. The van der Waals surface area contributed by atoms with Gasteiger partial charge in [-0.1, -0.05) is 0 Å². The average molecular weight is 258 g/mol. The molecule has 0 saturated heterocycles. The highest BCUT2D eigenvalue weighted by Crippen LogP contribution is 2.34. The molecule has 0 spiro atoms. The second-order valence-corrected chi connectivity index (χ2v) is 4.61. The monoisotopic (exact) mass is 258 g/mol. The smallest absolute Gasteiger partial charge is 0.317 e. The van der Waals surface area contributed by atoms with E-state index in [4.69, 9.17) is 9.84 Å².